The summed E-state index contributed by atoms with van der Waals surface area (Å²) in [6, 6.07) is 5.33. The first kappa shape index (κ1) is 14.5. The maximum absolute atomic E-state index is 12.5. The van der Waals surface area contributed by atoms with E-state index < -0.39 is 0 Å². The number of nitrogens with zero attached hydrogens (tertiary/aromatic N) is 2. The Morgan fingerprint density at radius 2 is 2.15 bits per heavy atom. The van der Waals surface area contributed by atoms with Crippen LogP contribution in [0.15, 0.2) is 12.1 Å². The molecule has 5 nitrogen and oxygen atoms in total. The molecule has 1 aliphatic heterocycles. The van der Waals surface area contributed by atoms with Crippen molar-refractivity contribution in [3.05, 3.63) is 22.7 Å². The predicted octanol–water partition coefficient (Wildman–Crippen LogP) is 2.31. The number of amides is 1. The Balaban J connectivity index is 2.22. The standard InChI is InChI=1S/C14H16ClN3O2/c1-20-13-7-12(17)11(15)6-10(13)14(19)18-4-2-9(8-16)3-5-18/h6-7,9H,2-5,17H2,1H3. The summed E-state index contributed by atoms with van der Waals surface area (Å²) in [5, 5.41) is 9.21. The van der Waals surface area contributed by atoms with E-state index in [9.17, 15) is 4.79 Å². The zero-order chi connectivity index (χ0) is 14.7. The Morgan fingerprint density at radius 3 is 2.70 bits per heavy atom. The van der Waals surface area contributed by atoms with Gasteiger partial charge in [-0.3, -0.25) is 4.79 Å². The smallest absolute Gasteiger partial charge is 0.257 e. The van der Waals surface area contributed by atoms with Crippen molar-refractivity contribution in [1.29, 1.82) is 5.26 Å². The molecular formula is C14H16ClN3O2. The highest BCUT2D eigenvalue weighted by molar-refractivity contribution is 6.33. The molecule has 0 spiro atoms. The van der Waals surface area contributed by atoms with E-state index in [0.717, 1.165) is 0 Å². The molecule has 6 heteroatoms. The number of nitrogens with two attached hydrogens (primary N) is 1. The second kappa shape index (κ2) is 6.02. The number of hydrogen-bond acceptors (Lipinski definition) is 4. The number of rotatable bonds is 2. The molecule has 1 aromatic rings. The average molecular weight is 294 g/mol. The van der Waals surface area contributed by atoms with Gasteiger partial charge in [-0.15, -0.1) is 0 Å². The van der Waals surface area contributed by atoms with E-state index in [1.54, 1.807) is 11.0 Å². The first-order valence-electron chi connectivity index (χ1n) is 6.38. The third kappa shape index (κ3) is 2.81. The van der Waals surface area contributed by atoms with Crippen LogP contribution in [0.5, 0.6) is 5.75 Å². The van der Waals surface area contributed by atoms with Gasteiger partial charge in [-0.2, -0.15) is 5.26 Å². The summed E-state index contributed by atoms with van der Waals surface area (Å²) in [6.07, 6.45) is 1.40. The summed E-state index contributed by atoms with van der Waals surface area (Å²) >= 11 is 5.98. The number of likely N-dealkylation sites (tertiary alicyclic amines) is 1. The van der Waals surface area contributed by atoms with Gasteiger partial charge in [0.05, 0.1) is 29.5 Å². The highest BCUT2D eigenvalue weighted by Crippen LogP contribution is 2.30. The molecule has 1 saturated heterocycles. The lowest BCUT2D eigenvalue weighted by Crippen LogP contribution is -2.38. The summed E-state index contributed by atoms with van der Waals surface area (Å²) in [5.41, 5.74) is 6.49. The van der Waals surface area contributed by atoms with Gasteiger partial charge in [0.25, 0.3) is 5.91 Å². The van der Waals surface area contributed by atoms with E-state index in [4.69, 9.17) is 27.3 Å². The highest BCUT2D eigenvalue weighted by atomic mass is 35.5. The van der Waals surface area contributed by atoms with Crippen molar-refractivity contribution in [2.24, 2.45) is 5.92 Å². The Morgan fingerprint density at radius 1 is 1.50 bits per heavy atom. The molecule has 1 fully saturated rings. The first-order chi connectivity index (χ1) is 9.56. The fourth-order valence-corrected chi connectivity index (χ4v) is 2.45. The third-order valence-electron chi connectivity index (χ3n) is 3.51. The normalized spacial score (nSPS) is 15.8. The number of methoxy groups -OCH3 is 1. The number of carbonyl (C=O) groups is 1. The van der Waals surface area contributed by atoms with Gasteiger partial charge in [0.1, 0.15) is 5.75 Å². The fourth-order valence-electron chi connectivity index (χ4n) is 2.29. The van der Waals surface area contributed by atoms with E-state index in [-0.39, 0.29) is 11.8 Å². The summed E-state index contributed by atoms with van der Waals surface area (Å²) in [5.74, 6) is 0.315. The molecule has 20 heavy (non-hydrogen) atoms. The minimum absolute atomic E-state index is 0.0379. The molecule has 0 aromatic heterocycles. The quantitative estimate of drug-likeness (QED) is 0.849. The molecule has 0 saturated carbocycles. The average Bonchev–Trinajstić information content (AvgIpc) is 2.49. The number of piperidine rings is 1. The third-order valence-corrected chi connectivity index (χ3v) is 3.84. The number of nitriles is 1. The van der Waals surface area contributed by atoms with Gasteiger partial charge in [0.15, 0.2) is 0 Å². The number of benzene rings is 1. The van der Waals surface area contributed by atoms with Crippen molar-refractivity contribution in [3.8, 4) is 11.8 Å². The summed E-state index contributed by atoms with van der Waals surface area (Å²) in [4.78, 5) is 14.2. The maximum atomic E-state index is 12.5. The van der Waals surface area contributed by atoms with Crippen LogP contribution < -0.4 is 10.5 Å². The number of hydrogen-bond donors (Lipinski definition) is 1. The van der Waals surface area contributed by atoms with Crippen LogP contribution in [-0.4, -0.2) is 31.0 Å². The van der Waals surface area contributed by atoms with Crippen LogP contribution in [0.1, 0.15) is 23.2 Å². The zero-order valence-corrected chi connectivity index (χ0v) is 12.0. The lowest BCUT2D eigenvalue weighted by Gasteiger charge is -2.29. The Kier molecular flexibility index (Phi) is 4.35. The monoisotopic (exact) mass is 293 g/mol. The van der Waals surface area contributed by atoms with E-state index in [1.165, 1.54) is 13.2 Å². The van der Waals surface area contributed by atoms with Crippen LogP contribution in [0.4, 0.5) is 5.69 Å². The summed E-state index contributed by atoms with van der Waals surface area (Å²) < 4.78 is 5.20. The number of halogens is 1. The van der Waals surface area contributed by atoms with Gasteiger partial charge < -0.3 is 15.4 Å². The van der Waals surface area contributed by atoms with Gasteiger partial charge in [-0.25, -0.2) is 0 Å². The Hall–Kier alpha value is -1.93. The maximum Gasteiger partial charge on any atom is 0.257 e. The van der Waals surface area contributed by atoms with Crippen molar-refractivity contribution >= 4 is 23.2 Å². The van der Waals surface area contributed by atoms with Crippen LogP contribution in [0.3, 0.4) is 0 Å². The van der Waals surface area contributed by atoms with Gasteiger partial charge in [-0.05, 0) is 18.9 Å². The van der Waals surface area contributed by atoms with E-state index in [2.05, 4.69) is 6.07 Å². The van der Waals surface area contributed by atoms with Crippen LogP contribution in [0.2, 0.25) is 5.02 Å². The van der Waals surface area contributed by atoms with Gasteiger partial charge >= 0.3 is 0 Å². The van der Waals surface area contributed by atoms with Crippen molar-refractivity contribution in [3.63, 3.8) is 0 Å². The number of carbonyl (C=O) groups excluding carboxylic acids is 1. The topological polar surface area (TPSA) is 79.3 Å². The van der Waals surface area contributed by atoms with E-state index in [0.29, 0.717) is 48.0 Å². The molecule has 1 aliphatic rings. The van der Waals surface area contributed by atoms with Crippen molar-refractivity contribution in [2.75, 3.05) is 25.9 Å². The Labute approximate surface area is 122 Å². The molecule has 0 atom stereocenters. The zero-order valence-electron chi connectivity index (χ0n) is 11.2. The van der Waals surface area contributed by atoms with E-state index in [1.807, 2.05) is 0 Å². The molecular weight excluding hydrogens is 278 g/mol. The molecule has 0 bridgehead atoms. The van der Waals surface area contributed by atoms with Crippen LogP contribution in [-0.2, 0) is 0 Å². The molecule has 0 unspecified atom stereocenters. The molecule has 106 valence electrons. The number of anilines is 1. The largest absolute Gasteiger partial charge is 0.496 e. The molecule has 0 radical (unpaired) electrons. The number of nitrogen functional groups attached to an aromatic ring is 1. The summed E-state index contributed by atoms with van der Waals surface area (Å²) in [7, 11) is 1.49. The van der Waals surface area contributed by atoms with Crippen LogP contribution >= 0.6 is 11.6 Å². The van der Waals surface area contributed by atoms with Crippen LogP contribution in [0.25, 0.3) is 0 Å². The molecule has 1 aromatic carbocycles. The second-order valence-electron chi connectivity index (χ2n) is 4.77. The first-order valence-corrected chi connectivity index (χ1v) is 6.76. The molecule has 1 heterocycles. The van der Waals surface area contributed by atoms with Gasteiger partial charge in [-0.1, -0.05) is 11.6 Å². The van der Waals surface area contributed by atoms with Crippen molar-refractivity contribution in [1.82, 2.24) is 4.90 Å². The second-order valence-corrected chi connectivity index (χ2v) is 5.18. The van der Waals surface area contributed by atoms with E-state index >= 15 is 0 Å². The highest BCUT2D eigenvalue weighted by Gasteiger charge is 2.25. The van der Waals surface area contributed by atoms with Crippen molar-refractivity contribution < 1.29 is 9.53 Å². The molecule has 1 amide bonds. The summed E-state index contributed by atoms with van der Waals surface area (Å²) in [6.45, 7) is 1.14. The fraction of sp³-hybridized carbons (Fsp3) is 0.429. The predicted molar refractivity (Wildman–Crippen MR) is 76.7 cm³/mol. The Bertz CT molecular complexity index is 560. The molecule has 2 N–H and O–H groups in total. The molecule has 0 aliphatic carbocycles. The lowest BCUT2D eigenvalue weighted by atomic mass is 9.98. The lowest BCUT2D eigenvalue weighted by molar-refractivity contribution is 0.0704. The van der Waals surface area contributed by atoms with Gasteiger partial charge in [0, 0.05) is 25.1 Å². The number of ether oxygens (including phenoxy) is 1. The van der Waals surface area contributed by atoms with Gasteiger partial charge in [0.2, 0.25) is 0 Å². The molecule has 2 rings (SSSR count). The minimum Gasteiger partial charge on any atom is -0.496 e. The SMILES string of the molecule is COc1cc(N)c(Cl)cc1C(=O)N1CCC(C#N)CC1. The minimum atomic E-state index is -0.139. The van der Waals surface area contributed by atoms with Crippen LogP contribution in [0, 0.1) is 17.2 Å². The van der Waals surface area contributed by atoms with Crippen molar-refractivity contribution in [2.45, 2.75) is 12.8 Å².